The number of pyridine rings is 1. The summed E-state index contributed by atoms with van der Waals surface area (Å²) in [4.78, 5) is 28.9. The molecule has 1 aromatic carbocycles. The van der Waals surface area contributed by atoms with Gasteiger partial charge >= 0.3 is 0 Å². The Balaban J connectivity index is 2.31. The van der Waals surface area contributed by atoms with Crippen LogP contribution in [0.25, 0.3) is 0 Å². The largest absolute Gasteiger partial charge is 0.496 e. The molecule has 1 heterocycles. The van der Waals surface area contributed by atoms with Crippen LogP contribution in [0.5, 0.6) is 11.5 Å². The number of methoxy groups -OCH3 is 2. The molecule has 1 amide bonds. The van der Waals surface area contributed by atoms with Gasteiger partial charge in [0.25, 0.3) is 5.91 Å². The highest BCUT2D eigenvalue weighted by Gasteiger charge is 2.29. The molecule has 0 aliphatic rings. The van der Waals surface area contributed by atoms with Gasteiger partial charge in [0.1, 0.15) is 17.3 Å². The maximum absolute atomic E-state index is 12.6. The number of carbonyl (C=O) groups is 2. The molecule has 0 bridgehead atoms. The molecule has 0 saturated carbocycles. The van der Waals surface area contributed by atoms with Crippen molar-refractivity contribution in [2.45, 2.75) is 6.92 Å². The first kappa shape index (κ1) is 17.9. The van der Waals surface area contributed by atoms with Crippen LogP contribution in [-0.4, -0.2) is 30.9 Å². The highest BCUT2D eigenvalue weighted by atomic mass is 16.5. The summed E-state index contributed by atoms with van der Waals surface area (Å²) in [7, 11) is 2.93. The average molecular weight is 339 g/mol. The SMILES string of the molecule is COc1cc(C(=O)C(C#N)C(=O)Nc2ccccn2)cc(OC)c1C. The number of benzene rings is 1. The lowest BCUT2D eigenvalue weighted by Gasteiger charge is -2.14. The number of hydrogen-bond donors (Lipinski definition) is 1. The summed E-state index contributed by atoms with van der Waals surface area (Å²) >= 11 is 0. The van der Waals surface area contributed by atoms with Crippen molar-refractivity contribution in [1.29, 1.82) is 5.26 Å². The summed E-state index contributed by atoms with van der Waals surface area (Å²) in [6.45, 7) is 1.78. The van der Waals surface area contributed by atoms with E-state index in [9.17, 15) is 14.9 Å². The molecule has 0 aliphatic heterocycles. The predicted octanol–water partition coefficient (Wildman–Crippen LogP) is 2.37. The van der Waals surface area contributed by atoms with Gasteiger partial charge in [0.15, 0.2) is 11.7 Å². The molecule has 7 heteroatoms. The molecule has 0 radical (unpaired) electrons. The zero-order valence-corrected chi connectivity index (χ0v) is 14.1. The number of carbonyl (C=O) groups excluding carboxylic acids is 2. The number of hydrogen-bond acceptors (Lipinski definition) is 6. The number of Topliss-reactive ketones (excluding diaryl/α,β-unsaturated/α-hetero) is 1. The fourth-order valence-corrected chi connectivity index (χ4v) is 2.27. The summed E-state index contributed by atoms with van der Waals surface area (Å²) in [5.74, 6) is -1.77. The van der Waals surface area contributed by atoms with Crippen molar-refractivity contribution < 1.29 is 19.1 Å². The monoisotopic (exact) mass is 339 g/mol. The minimum atomic E-state index is -1.51. The van der Waals surface area contributed by atoms with Gasteiger partial charge in [-0.2, -0.15) is 5.26 Å². The first-order valence-electron chi connectivity index (χ1n) is 7.40. The van der Waals surface area contributed by atoms with Gasteiger partial charge in [0.05, 0.1) is 20.3 Å². The Labute approximate surface area is 145 Å². The van der Waals surface area contributed by atoms with Crippen LogP contribution in [0.3, 0.4) is 0 Å². The smallest absolute Gasteiger partial charge is 0.250 e. The third-order valence-electron chi connectivity index (χ3n) is 3.61. The van der Waals surface area contributed by atoms with Gasteiger partial charge in [0.2, 0.25) is 0 Å². The van der Waals surface area contributed by atoms with Crippen LogP contribution >= 0.6 is 0 Å². The molecule has 7 nitrogen and oxygen atoms in total. The molecule has 2 aromatic rings. The Morgan fingerprint density at radius 2 is 1.84 bits per heavy atom. The van der Waals surface area contributed by atoms with Gasteiger partial charge in [-0.1, -0.05) is 6.07 Å². The molecule has 2 rings (SSSR count). The van der Waals surface area contributed by atoms with Gasteiger partial charge in [-0.15, -0.1) is 0 Å². The highest BCUT2D eigenvalue weighted by Crippen LogP contribution is 2.30. The van der Waals surface area contributed by atoms with Crippen molar-refractivity contribution in [1.82, 2.24) is 4.98 Å². The van der Waals surface area contributed by atoms with Crippen molar-refractivity contribution in [3.8, 4) is 17.6 Å². The van der Waals surface area contributed by atoms with E-state index >= 15 is 0 Å². The lowest BCUT2D eigenvalue weighted by Crippen LogP contribution is -2.29. The molecule has 0 aliphatic carbocycles. The first-order chi connectivity index (χ1) is 12.0. The first-order valence-corrected chi connectivity index (χ1v) is 7.40. The van der Waals surface area contributed by atoms with Gasteiger partial charge in [0, 0.05) is 17.3 Å². The number of nitrogens with zero attached hydrogens (tertiary/aromatic N) is 2. The molecule has 0 saturated heterocycles. The summed E-state index contributed by atoms with van der Waals surface area (Å²) < 4.78 is 10.4. The molecular formula is C18H17N3O4. The maximum atomic E-state index is 12.6. The van der Waals surface area contributed by atoms with E-state index in [0.29, 0.717) is 17.1 Å². The minimum Gasteiger partial charge on any atom is -0.496 e. The Morgan fingerprint density at radius 1 is 1.20 bits per heavy atom. The van der Waals surface area contributed by atoms with Crippen LogP contribution in [0.1, 0.15) is 15.9 Å². The standard InChI is InChI=1S/C18H17N3O4/c1-11-14(24-2)8-12(9-15(11)25-3)17(22)13(10-19)18(23)21-16-6-4-5-7-20-16/h4-9,13H,1-3H3,(H,20,21,23). The fourth-order valence-electron chi connectivity index (χ4n) is 2.27. The molecule has 128 valence electrons. The van der Waals surface area contributed by atoms with Crippen LogP contribution in [-0.2, 0) is 4.79 Å². The van der Waals surface area contributed by atoms with E-state index in [1.54, 1.807) is 31.2 Å². The zero-order chi connectivity index (χ0) is 18.4. The number of nitriles is 1. The van der Waals surface area contributed by atoms with Gasteiger partial charge in [-0.3, -0.25) is 9.59 Å². The Bertz CT molecular complexity index is 803. The number of ketones is 1. The highest BCUT2D eigenvalue weighted by molar-refractivity contribution is 6.15. The normalized spacial score (nSPS) is 11.1. The number of aromatic nitrogens is 1. The van der Waals surface area contributed by atoms with E-state index in [4.69, 9.17) is 9.47 Å². The molecule has 1 unspecified atom stereocenters. The summed E-state index contributed by atoms with van der Waals surface area (Å²) in [6.07, 6.45) is 1.49. The Morgan fingerprint density at radius 3 is 2.32 bits per heavy atom. The quantitative estimate of drug-likeness (QED) is 0.640. The number of nitrogens with one attached hydrogen (secondary N) is 1. The average Bonchev–Trinajstić information content (AvgIpc) is 2.63. The number of ether oxygens (including phenoxy) is 2. The van der Waals surface area contributed by atoms with E-state index in [-0.39, 0.29) is 11.4 Å². The second kappa shape index (κ2) is 7.93. The van der Waals surface area contributed by atoms with Crippen molar-refractivity contribution in [3.63, 3.8) is 0 Å². The van der Waals surface area contributed by atoms with Crippen molar-refractivity contribution in [3.05, 3.63) is 47.7 Å². The molecule has 0 spiro atoms. The van der Waals surface area contributed by atoms with E-state index in [0.717, 1.165) is 0 Å². The van der Waals surface area contributed by atoms with E-state index in [1.165, 1.54) is 32.5 Å². The Kier molecular flexibility index (Phi) is 5.69. The Hall–Kier alpha value is -3.40. The molecular weight excluding hydrogens is 322 g/mol. The van der Waals surface area contributed by atoms with E-state index < -0.39 is 17.6 Å². The van der Waals surface area contributed by atoms with Crippen LogP contribution < -0.4 is 14.8 Å². The maximum Gasteiger partial charge on any atom is 0.250 e. The third kappa shape index (κ3) is 3.93. The summed E-state index contributed by atoms with van der Waals surface area (Å²) in [5.41, 5.74) is 0.870. The lowest BCUT2D eigenvalue weighted by atomic mass is 9.96. The number of amides is 1. The zero-order valence-electron chi connectivity index (χ0n) is 14.1. The van der Waals surface area contributed by atoms with Crippen LogP contribution in [0, 0.1) is 24.2 Å². The van der Waals surface area contributed by atoms with Crippen molar-refractivity contribution in [2.24, 2.45) is 5.92 Å². The van der Waals surface area contributed by atoms with Crippen molar-refractivity contribution >= 4 is 17.5 Å². The fraction of sp³-hybridized carbons (Fsp3) is 0.222. The van der Waals surface area contributed by atoms with Crippen LogP contribution in [0.15, 0.2) is 36.5 Å². The predicted molar refractivity (Wildman–Crippen MR) is 90.6 cm³/mol. The third-order valence-corrected chi connectivity index (χ3v) is 3.61. The van der Waals surface area contributed by atoms with Gasteiger partial charge in [-0.25, -0.2) is 4.98 Å². The van der Waals surface area contributed by atoms with Crippen molar-refractivity contribution in [2.75, 3.05) is 19.5 Å². The van der Waals surface area contributed by atoms with E-state index in [1.807, 2.05) is 0 Å². The summed E-state index contributed by atoms with van der Waals surface area (Å²) in [6, 6.07) is 9.64. The molecule has 1 atom stereocenters. The van der Waals surface area contributed by atoms with Gasteiger partial charge in [-0.05, 0) is 31.2 Å². The second-order valence-electron chi connectivity index (χ2n) is 5.14. The topological polar surface area (TPSA) is 101 Å². The summed E-state index contributed by atoms with van der Waals surface area (Å²) in [5, 5.41) is 11.8. The number of rotatable bonds is 6. The minimum absolute atomic E-state index is 0.155. The molecule has 1 aromatic heterocycles. The lowest BCUT2D eigenvalue weighted by molar-refractivity contribution is -0.117. The molecule has 0 fully saturated rings. The second-order valence-corrected chi connectivity index (χ2v) is 5.14. The van der Waals surface area contributed by atoms with Crippen LogP contribution in [0.4, 0.5) is 5.82 Å². The molecule has 1 N–H and O–H groups in total. The molecule has 25 heavy (non-hydrogen) atoms. The number of anilines is 1. The van der Waals surface area contributed by atoms with Gasteiger partial charge < -0.3 is 14.8 Å². The van der Waals surface area contributed by atoms with E-state index in [2.05, 4.69) is 10.3 Å². The van der Waals surface area contributed by atoms with Crippen LogP contribution in [0.2, 0.25) is 0 Å².